The van der Waals surface area contributed by atoms with Crippen LogP contribution in [-0.4, -0.2) is 65.1 Å². The average molecular weight is 469 g/mol. The molecule has 1 aliphatic rings. The van der Waals surface area contributed by atoms with Gasteiger partial charge >= 0.3 is 0 Å². The second-order valence-electron chi connectivity index (χ2n) is 9.24. The molecule has 7 heteroatoms. The molecule has 0 amide bonds. The lowest BCUT2D eigenvalue weighted by atomic mass is 9.88. The number of rotatable bonds is 12. The Morgan fingerprint density at radius 3 is 2.35 bits per heavy atom. The molecular weight excluding hydrogens is 432 g/mol. The van der Waals surface area contributed by atoms with E-state index in [0.29, 0.717) is 43.1 Å². The molecule has 3 rings (SSSR count). The standard InChI is InChI=1S/C27H36N2O5/c1-18(2)34-23-10-6-20(7-11-23)27(32)24(17-29-14-12-21(30)16-29)26(28)25(31)13-15-33-22-8-4-19(3)5-9-22/h4-11,18,21,24,27-28,30,32H,12-17H2,1-3H3/t21-,24?,27+/m0/s1. The number of ether oxygens (including phenoxy) is 2. The van der Waals surface area contributed by atoms with E-state index in [0.717, 1.165) is 5.56 Å². The monoisotopic (exact) mass is 468 g/mol. The first-order valence-corrected chi connectivity index (χ1v) is 11.9. The number of nitrogens with one attached hydrogen (secondary N) is 1. The lowest BCUT2D eigenvalue weighted by molar-refractivity contribution is -0.114. The number of aliphatic hydroxyl groups excluding tert-OH is 2. The summed E-state index contributed by atoms with van der Waals surface area (Å²) in [5.74, 6) is 0.311. The molecule has 34 heavy (non-hydrogen) atoms. The van der Waals surface area contributed by atoms with E-state index in [1.807, 2.05) is 49.9 Å². The van der Waals surface area contributed by atoms with E-state index in [1.54, 1.807) is 24.3 Å². The number of β-amino-alcohol motifs (C(OH)–C–C–N with tert-alkyl or cyclic N) is 1. The van der Waals surface area contributed by atoms with Crippen molar-refractivity contribution in [1.82, 2.24) is 4.90 Å². The molecule has 0 aliphatic carbocycles. The topological polar surface area (TPSA) is 103 Å². The van der Waals surface area contributed by atoms with E-state index in [1.165, 1.54) is 0 Å². The van der Waals surface area contributed by atoms with Crippen LogP contribution in [-0.2, 0) is 4.79 Å². The summed E-state index contributed by atoms with van der Waals surface area (Å²) < 4.78 is 11.3. The summed E-state index contributed by atoms with van der Waals surface area (Å²) in [6, 6.07) is 14.7. The first kappa shape index (κ1) is 25.9. The first-order valence-electron chi connectivity index (χ1n) is 11.9. The molecule has 1 fully saturated rings. The van der Waals surface area contributed by atoms with Crippen molar-refractivity contribution in [2.75, 3.05) is 26.2 Å². The Morgan fingerprint density at radius 2 is 1.76 bits per heavy atom. The van der Waals surface area contributed by atoms with Crippen LogP contribution in [0.15, 0.2) is 48.5 Å². The van der Waals surface area contributed by atoms with Crippen LogP contribution in [0.3, 0.4) is 0 Å². The van der Waals surface area contributed by atoms with Crippen LogP contribution in [0.5, 0.6) is 11.5 Å². The Kier molecular flexibility index (Phi) is 9.21. The van der Waals surface area contributed by atoms with Gasteiger partial charge in [-0.2, -0.15) is 0 Å². The molecule has 2 aromatic rings. The van der Waals surface area contributed by atoms with Crippen LogP contribution >= 0.6 is 0 Å². The third-order valence-corrected chi connectivity index (χ3v) is 5.97. The first-order chi connectivity index (χ1) is 16.2. The molecule has 0 spiro atoms. The van der Waals surface area contributed by atoms with E-state index >= 15 is 0 Å². The quantitative estimate of drug-likeness (QED) is 0.412. The van der Waals surface area contributed by atoms with E-state index in [9.17, 15) is 15.0 Å². The summed E-state index contributed by atoms with van der Waals surface area (Å²) in [6.45, 7) is 7.51. The van der Waals surface area contributed by atoms with Crippen molar-refractivity contribution < 1.29 is 24.5 Å². The van der Waals surface area contributed by atoms with Crippen LogP contribution in [0.1, 0.15) is 43.9 Å². The van der Waals surface area contributed by atoms with Crippen molar-refractivity contribution in [3.05, 3.63) is 59.7 Å². The van der Waals surface area contributed by atoms with Crippen molar-refractivity contribution in [2.45, 2.75) is 51.9 Å². The van der Waals surface area contributed by atoms with E-state index in [4.69, 9.17) is 14.9 Å². The number of carbonyl (C=O) groups is 1. The number of Topliss-reactive ketones (excluding diaryl/α,β-unsaturated/α-hetero) is 1. The predicted octanol–water partition coefficient (Wildman–Crippen LogP) is 3.56. The zero-order chi connectivity index (χ0) is 24.7. The lowest BCUT2D eigenvalue weighted by Crippen LogP contribution is -2.38. The summed E-state index contributed by atoms with van der Waals surface area (Å²) in [6.07, 6.45) is -0.702. The Hall–Kier alpha value is -2.74. The average Bonchev–Trinajstić information content (AvgIpc) is 3.22. The Balaban J connectivity index is 1.67. The van der Waals surface area contributed by atoms with Gasteiger partial charge in [0, 0.05) is 32.0 Å². The fourth-order valence-corrected chi connectivity index (χ4v) is 4.09. The van der Waals surface area contributed by atoms with Gasteiger partial charge in [0.2, 0.25) is 0 Å². The number of nitrogens with zero attached hydrogens (tertiary/aromatic N) is 1. The van der Waals surface area contributed by atoms with E-state index in [2.05, 4.69) is 0 Å². The lowest BCUT2D eigenvalue weighted by Gasteiger charge is -2.28. The van der Waals surface area contributed by atoms with Crippen molar-refractivity contribution in [1.29, 1.82) is 5.41 Å². The highest BCUT2D eigenvalue weighted by molar-refractivity contribution is 6.39. The van der Waals surface area contributed by atoms with Crippen LogP contribution < -0.4 is 9.47 Å². The molecule has 1 heterocycles. The van der Waals surface area contributed by atoms with Gasteiger partial charge in [-0.3, -0.25) is 9.69 Å². The number of aliphatic hydroxyl groups is 2. The van der Waals surface area contributed by atoms with Crippen molar-refractivity contribution in [3.63, 3.8) is 0 Å². The highest BCUT2D eigenvalue weighted by Gasteiger charge is 2.33. The largest absolute Gasteiger partial charge is 0.493 e. The molecule has 0 radical (unpaired) electrons. The molecule has 2 aromatic carbocycles. The molecule has 3 N–H and O–H groups in total. The summed E-state index contributed by atoms with van der Waals surface area (Å²) in [5.41, 5.74) is 1.62. The molecule has 0 aromatic heterocycles. The van der Waals surface area contributed by atoms with Crippen LogP contribution in [0.4, 0.5) is 0 Å². The SMILES string of the molecule is Cc1ccc(OCCC(=O)C(=N)C(CN2CC[C@H](O)C2)[C@H](O)c2ccc(OC(C)C)cc2)cc1. The highest BCUT2D eigenvalue weighted by atomic mass is 16.5. The van der Waals surface area contributed by atoms with Gasteiger partial charge in [-0.25, -0.2) is 0 Å². The van der Waals surface area contributed by atoms with Gasteiger partial charge in [-0.1, -0.05) is 29.8 Å². The maximum Gasteiger partial charge on any atom is 0.180 e. The Morgan fingerprint density at radius 1 is 1.12 bits per heavy atom. The molecule has 0 saturated carbocycles. The number of aryl methyl sites for hydroxylation is 1. The molecular formula is C27H36N2O5. The third kappa shape index (κ3) is 7.38. The minimum absolute atomic E-state index is 0.0399. The zero-order valence-corrected chi connectivity index (χ0v) is 20.2. The minimum Gasteiger partial charge on any atom is -0.493 e. The van der Waals surface area contributed by atoms with Gasteiger partial charge in [-0.05, 0) is 57.0 Å². The number of benzene rings is 2. The van der Waals surface area contributed by atoms with Crippen molar-refractivity contribution in [3.8, 4) is 11.5 Å². The summed E-state index contributed by atoms with van der Waals surface area (Å²) in [5, 5.41) is 29.7. The smallest absolute Gasteiger partial charge is 0.180 e. The number of hydrogen-bond donors (Lipinski definition) is 3. The van der Waals surface area contributed by atoms with Gasteiger partial charge in [0.25, 0.3) is 0 Å². The molecule has 1 unspecified atom stereocenters. The van der Waals surface area contributed by atoms with E-state index in [-0.39, 0.29) is 30.6 Å². The number of carbonyl (C=O) groups excluding carboxylic acids is 1. The fourth-order valence-electron chi connectivity index (χ4n) is 4.09. The van der Waals surface area contributed by atoms with Gasteiger partial charge in [0.05, 0.1) is 30.6 Å². The van der Waals surface area contributed by atoms with Gasteiger partial charge in [0.1, 0.15) is 11.5 Å². The maximum absolute atomic E-state index is 12.9. The second-order valence-corrected chi connectivity index (χ2v) is 9.24. The van der Waals surface area contributed by atoms with Crippen molar-refractivity contribution in [2.24, 2.45) is 5.92 Å². The number of hydrogen-bond acceptors (Lipinski definition) is 7. The minimum atomic E-state index is -1.03. The number of ketones is 1. The molecule has 184 valence electrons. The summed E-state index contributed by atoms with van der Waals surface area (Å²) in [4.78, 5) is 14.9. The second kappa shape index (κ2) is 12.1. The normalized spacial score (nSPS) is 18.0. The van der Waals surface area contributed by atoms with Crippen molar-refractivity contribution >= 4 is 11.5 Å². The third-order valence-electron chi connectivity index (χ3n) is 5.97. The molecule has 3 atom stereocenters. The van der Waals surface area contributed by atoms with Crippen LogP contribution in [0, 0.1) is 18.3 Å². The van der Waals surface area contributed by atoms with Crippen LogP contribution in [0.2, 0.25) is 0 Å². The van der Waals surface area contributed by atoms with E-state index < -0.39 is 18.1 Å². The zero-order valence-electron chi connectivity index (χ0n) is 20.2. The number of likely N-dealkylation sites (tertiary alicyclic amines) is 1. The van der Waals surface area contributed by atoms with Gasteiger partial charge in [-0.15, -0.1) is 0 Å². The Labute approximate surface area is 201 Å². The predicted molar refractivity (Wildman–Crippen MR) is 132 cm³/mol. The maximum atomic E-state index is 12.9. The van der Waals surface area contributed by atoms with Gasteiger partial charge < -0.3 is 25.1 Å². The molecule has 7 nitrogen and oxygen atoms in total. The molecule has 1 saturated heterocycles. The fraction of sp³-hybridized carbons (Fsp3) is 0.481. The highest BCUT2D eigenvalue weighted by Crippen LogP contribution is 2.28. The van der Waals surface area contributed by atoms with Gasteiger partial charge in [0.15, 0.2) is 5.78 Å². The summed E-state index contributed by atoms with van der Waals surface area (Å²) in [7, 11) is 0. The summed E-state index contributed by atoms with van der Waals surface area (Å²) >= 11 is 0. The van der Waals surface area contributed by atoms with Crippen LogP contribution in [0.25, 0.3) is 0 Å². The molecule has 0 bridgehead atoms. The molecule has 1 aliphatic heterocycles. The Bertz CT molecular complexity index is 942.